The first-order valence-corrected chi connectivity index (χ1v) is 6.17. The number of ether oxygens (including phenoxy) is 1. The number of rotatable bonds is 3. The highest BCUT2D eigenvalue weighted by atomic mass is 16.6. The molecular weight excluding hydrogens is 260 g/mol. The zero-order valence-electron chi connectivity index (χ0n) is 11.6. The molecule has 0 aliphatic carbocycles. The van der Waals surface area contributed by atoms with Crippen molar-refractivity contribution in [2.75, 3.05) is 0 Å². The lowest BCUT2D eigenvalue weighted by molar-refractivity contribution is -0.155. The van der Waals surface area contributed by atoms with Gasteiger partial charge in [0.05, 0.1) is 0 Å². The maximum atomic E-state index is 11.9. The van der Waals surface area contributed by atoms with E-state index >= 15 is 0 Å². The quantitative estimate of drug-likeness (QED) is 0.868. The van der Waals surface area contributed by atoms with Crippen LogP contribution in [0.25, 0.3) is 11.0 Å². The second-order valence-corrected chi connectivity index (χ2v) is 5.42. The van der Waals surface area contributed by atoms with E-state index in [4.69, 9.17) is 4.74 Å². The molecule has 2 heterocycles. The maximum absolute atomic E-state index is 11.9. The molecule has 6 heteroatoms. The van der Waals surface area contributed by atoms with Gasteiger partial charge >= 0.3 is 11.9 Å². The monoisotopic (exact) mass is 276 g/mol. The number of carboxylic acids is 1. The van der Waals surface area contributed by atoms with Gasteiger partial charge in [-0.3, -0.25) is 4.79 Å². The lowest BCUT2D eigenvalue weighted by Crippen LogP contribution is -2.27. The number of esters is 1. The van der Waals surface area contributed by atoms with Crippen molar-refractivity contribution >= 4 is 23.0 Å². The Bertz CT molecular complexity index is 667. The highest BCUT2D eigenvalue weighted by Gasteiger charge is 2.21. The minimum absolute atomic E-state index is 0.0181. The molecule has 6 nitrogen and oxygen atoms in total. The molecule has 0 radical (unpaired) electrons. The number of fused-ring (bicyclic) bond motifs is 1. The van der Waals surface area contributed by atoms with E-state index in [1.807, 2.05) is 0 Å². The Morgan fingerprint density at radius 2 is 2.10 bits per heavy atom. The van der Waals surface area contributed by atoms with E-state index in [1.165, 1.54) is 10.6 Å². The fourth-order valence-corrected chi connectivity index (χ4v) is 1.93. The Kier molecular flexibility index (Phi) is 3.48. The summed E-state index contributed by atoms with van der Waals surface area (Å²) in [5, 5.41) is 9.89. The Balaban J connectivity index is 2.39. The Morgan fingerprint density at radius 1 is 1.40 bits per heavy atom. The van der Waals surface area contributed by atoms with E-state index < -0.39 is 17.5 Å². The van der Waals surface area contributed by atoms with Gasteiger partial charge in [0.25, 0.3) is 0 Å². The van der Waals surface area contributed by atoms with Crippen molar-refractivity contribution in [1.82, 2.24) is 9.55 Å². The van der Waals surface area contributed by atoms with Crippen LogP contribution in [-0.4, -0.2) is 32.2 Å². The van der Waals surface area contributed by atoms with Crippen molar-refractivity contribution in [3.63, 3.8) is 0 Å². The molecule has 0 atom stereocenters. The summed E-state index contributed by atoms with van der Waals surface area (Å²) in [4.78, 5) is 27.3. The third-order valence-corrected chi connectivity index (χ3v) is 2.58. The van der Waals surface area contributed by atoms with Crippen LogP contribution in [0.1, 0.15) is 31.3 Å². The van der Waals surface area contributed by atoms with E-state index in [9.17, 15) is 14.7 Å². The number of carbonyl (C=O) groups excluding carboxylic acids is 1. The molecule has 2 rings (SSSR count). The van der Waals surface area contributed by atoms with Gasteiger partial charge in [0.2, 0.25) is 0 Å². The molecule has 2 aromatic heterocycles. The molecule has 0 bridgehead atoms. The molecule has 0 aromatic carbocycles. The van der Waals surface area contributed by atoms with Gasteiger partial charge in [-0.1, -0.05) is 0 Å². The normalized spacial score (nSPS) is 11.6. The van der Waals surface area contributed by atoms with Crippen LogP contribution in [0.4, 0.5) is 0 Å². The van der Waals surface area contributed by atoms with Crippen molar-refractivity contribution in [2.45, 2.75) is 32.9 Å². The van der Waals surface area contributed by atoms with Crippen LogP contribution in [0.15, 0.2) is 24.4 Å². The number of aromatic carboxylic acids is 1. The van der Waals surface area contributed by atoms with Gasteiger partial charge in [-0.25, -0.2) is 9.78 Å². The van der Waals surface area contributed by atoms with Crippen molar-refractivity contribution < 1.29 is 19.4 Å². The number of hydrogen-bond acceptors (Lipinski definition) is 4. The second-order valence-electron chi connectivity index (χ2n) is 5.42. The lowest BCUT2D eigenvalue weighted by atomic mass is 10.2. The van der Waals surface area contributed by atoms with E-state index in [-0.39, 0.29) is 12.2 Å². The molecule has 0 aliphatic heterocycles. The smallest absolute Gasteiger partial charge is 0.352 e. The first-order valence-electron chi connectivity index (χ1n) is 6.17. The highest BCUT2D eigenvalue weighted by Crippen LogP contribution is 2.18. The van der Waals surface area contributed by atoms with Gasteiger partial charge in [0.15, 0.2) is 0 Å². The number of hydrogen-bond donors (Lipinski definition) is 1. The predicted octanol–water partition coefficient (Wildman–Crippen LogP) is 2.08. The van der Waals surface area contributed by atoms with Gasteiger partial charge in [-0.15, -0.1) is 0 Å². The first-order chi connectivity index (χ1) is 9.28. The van der Waals surface area contributed by atoms with Crippen LogP contribution >= 0.6 is 0 Å². The Hall–Kier alpha value is -2.37. The highest BCUT2D eigenvalue weighted by molar-refractivity contribution is 5.94. The first kappa shape index (κ1) is 14.0. The van der Waals surface area contributed by atoms with Gasteiger partial charge in [-0.05, 0) is 39.0 Å². The van der Waals surface area contributed by atoms with Crippen molar-refractivity contribution in [1.29, 1.82) is 0 Å². The molecular formula is C14H16N2O4. The minimum Gasteiger partial charge on any atom is -0.477 e. The van der Waals surface area contributed by atoms with E-state index in [1.54, 1.807) is 39.1 Å². The maximum Gasteiger partial charge on any atom is 0.352 e. The van der Waals surface area contributed by atoms with Crippen LogP contribution in [0, 0.1) is 0 Å². The van der Waals surface area contributed by atoms with Crippen molar-refractivity contribution in [3.05, 3.63) is 30.1 Å². The van der Waals surface area contributed by atoms with Crippen LogP contribution in [0.2, 0.25) is 0 Å². The summed E-state index contributed by atoms with van der Waals surface area (Å²) in [5.41, 5.74) is -0.142. The van der Waals surface area contributed by atoms with E-state index in [0.29, 0.717) is 11.0 Å². The predicted molar refractivity (Wildman–Crippen MR) is 72.5 cm³/mol. The van der Waals surface area contributed by atoms with Gasteiger partial charge in [0, 0.05) is 11.6 Å². The third-order valence-electron chi connectivity index (χ3n) is 2.58. The average molecular weight is 276 g/mol. The Labute approximate surface area is 116 Å². The van der Waals surface area contributed by atoms with Crippen molar-refractivity contribution in [2.24, 2.45) is 0 Å². The standard InChI is InChI=1S/C14H16N2O4/c1-14(2,3)20-11(17)8-16-10(13(18)19)7-9-5-4-6-15-12(9)16/h4-7H,8H2,1-3H3,(H,18,19). The van der Waals surface area contributed by atoms with Crippen LogP contribution in [-0.2, 0) is 16.1 Å². The molecule has 0 unspecified atom stereocenters. The summed E-state index contributed by atoms with van der Waals surface area (Å²) in [6, 6.07) is 4.96. The molecule has 0 fully saturated rings. The molecule has 0 spiro atoms. The number of carbonyl (C=O) groups is 2. The second kappa shape index (κ2) is 4.96. The molecule has 0 saturated heterocycles. The molecule has 0 saturated carbocycles. The molecule has 2 aromatic rings. The fourth-order valence-electron chi connectivity index (χ4n) is 1.93. The summed E-state index contributed by atoms with van der Waals surface area (Å²) in [6.45, 7) is 5.10. The van der Waals surface area contributed by atoms with E-state index in [0.717, 1.165) is 0 Å². The molecule has 1 N–H and O–H groups in total. The summed E-state index contributed by atoms with van der Waals surface area (Å²) in [5.74, 6) is -1.60. The SMILES string of the molecule is CC(C)(C)OC(=O)Cn1c(C(=O)O)cc2cccnc21. The molecule has 0 aliphatic rings. The Morgan fingerprint density at radius 3 is 2.70 bits per heavy atom. The van der Waals surface area contributed by atoms with Crippen LogP contribution < -0.4 is 0 Å². The number of nitrogens with zero attached hydrogens (tertiary/aromatic N) is 2. The average Bonchev–Trinajstić information content (AvgIpc) is 2.66. The number of aromatic nitrogens is 2. The minimum atomic E-state index is -1.11. The topological polar surface area (TPSA) is 81.4 Å². The van der Waals surface area contributed by atoms with Gasteiger partial charge < -0.3 is 14.4 Å². The zero-order chi connectivity index (χ0) is 14.9. The zero-order valence-corrected chi connectivity index (χ0v) is 11.6. The number of carboxylic acid groups (broad SMARTS) is 1. The molecule has 0 amide bonds. The molecule has 20 heavy (non-hydrogen) atoms. The van der Waals surface area contributed by atoms with Gasteiger partial charge in [0.1, 0.15) is 23.5 Å². The summed E-state index contributed by atoms with van der Waals surface area (Å²) in [7, 11) is 0. The van der Waals surface area contributed by atoms with Gasteiger partial charge in [-0.2, -0.15) is 0 Å². The van der Waals surface area contributed by atoms with Crippen LogP contribution in [0.3, 0.4) is 0 Å². The summed E-state index contributed by atoms with van der Waals surface area (Å²) in [6.07, 6.45) is 1.56. The van der Waals surface area contributed by atoms with Crippen molar-refractivity contribution in [3.8, 4) is 0 Å². The van der Waals surface area contributed by atoms with E-state index in [2.05, 4.69) is 4.98 Å². The third kappa shape index (κ3) is 2.96. The largest absolute Gasteiger partial charge is 0.477 e. The fraction of sp³-hybridized carbons (Fsp3) is 0.357. The summed E-state index contributed by atoms with van der Waals surface area (Å²) < 4.78 is 6.57. The van der Waals surface area contributed by atoms with Crippen LogP contribution in [0.5, 0.6) is 0 Å². The molecule has 106 valence electrons. The number of pyridine rings is 1. The summed E-state index contributed by atoms with van der Waals surface area (Å²) >= 11 is 0. The lowest BCUT2D eigenvalue weighted by Gasteiger charge is -2.20.